The zero-order valence-corrected chi connectivity index (χ0v) is 14.7. The number of anilines is 2. The van der Waals surface area contributed by atoms with Crippen molar-refractivity contribution in [2.45, 2.75) is 13.0 Å². The number of nitrogens with one attached hydrogen (secondary N) is 1. The van der Waals surface area contributed by atoms with Crippen molar-refractivity contribution in [3.8, 4) is 0 Å². The van der Waals surface area contributed by atoms with E-state index < -0.39 is 0 Å². The lowest BCUT2D eigenvalue weighted by Crippen LogP contribution is -2.40. The third kappa shape index (κ3) is 3.25. The SMILES string of the molecule is CN=C(NCc1ccc(N2CC=CC2)cc1)N1CCc2ccccc21. The van der Waals surface area contributed by atoms with E-state index in [9.17, 15) is 0 Å². The van der Waals surface area contributed by atoms with Gasteiger partial charge in [0, 0.05) is 44.6 Å². The second-order valence-electron chi connectivity index (χ2n) is 6.47. The van der Waals surface area contributed by atoms with Crippen LogP contribution in [0.3, 0.4) is 0 Å². The summed E-state index contributed by atoms with van der Waals surface area (Å²) >= 11 is 0. The van der Waals surface area contributed by atoms with Crippen molar-refractivity contribution < 1.29 is 0 Å². The summed E-state index contributed by atoms with van der Waals surface area (Å²) < 4.78 is 0. The minimum absolute atomic E-state index is 0.782. The molecular weight excluding hydrogens is 308 g/mol. The molecule has 0 amide bonds. The van der Waals surface area contributed by atoms with Crippen molar-refractivity contribution >= 4 is 17.3 Å². The van der Waals surface area contributed by atoms with Crippen molar-refractivity contribution in [3.63, 3.8) is 0 Å². The van der Waals surface area contributed by atoms with Crippen LogP contribution in [-0.4, -0.2) is 32.6 Å². The van der Waals surface area contributed by atoms with Crippen LogP contribution in [0.1, 0.15) is 11.1 Å². The Kier molecular flexibility index (Phi) is 4.42. The summed E-state index contributed by atoms with van der Waals surface area (Å²) in [5, 5.41) is 3.51. The van der Waals surface area contributed by atoms with Crippen molar-refractivity contribution in [1.82, 2.24) is 5.32 Å². The lowest BCUT2D eigenvalue weighted by Gasteiger charge is -2.22. The predicted molar refractivity (Wildman–Crippen MR) is 105 cm³/mol. The Morgan fingerprint density at radius 3 is 2.56 bits per heavy atom. The fourth-order valence-electron chi connectivity index (χ4n) is 3.55. The Hall–Kier alpha value is -2.75. The summed E-state index contributed by atoms with van der Waals surface area (Å²) in [5.74, 6) is 0.942. The van der Waals surface area contributed by atoms with E-state index in [2.05, 4.69) is 80.8 Å². The quantitative estimate of drug-likeness (QED) is 0.532. The summed E-state index contributed by atoms with van der Waals surface area (Å²) in [6, 6.07) is 17.4. The second kappa shape index (κ2) is 7.01. The van der Waals surface area contributed by atoms with Crippen LogP contribution in [0.2, 0.25) is 0 Å². The molecule has 0 fully saturated rings. The molecule has 2 aliphatic rings. The summed E-state index contributed by atoms with van der Waals surface area (Å²) in [6.45, 7) is 3.79. The molecule has 128 valence electrons. The van der Waals surface area contributed by atoms with E-state index in [0.717, 1.165) is 38.6 Å². The van der Waals surface area contributed by atoms with E-state index in [1.54, 1.807) is 0 Å². The standard InChI is InChI=1S/C21H24N4/c1-22-21(25-15-12-18-6-2-3-7-20(18)25)23-16-17-8-10-19(11-9-17)24-13-4-5-14-24/h2-11H,12-16H2,1H3,(H,22,23). The van der Waals surface area contributed by atoms with Gasteiger partial charge in [0.2, 0.25) is 0 Å². The van der Waals surface area contributed by atoms with Crippen LogP contribution in [-0.2, 0) is 13.0 Å². The van der Waals surface area contributed by atoms with Crippen LogP contribution in [0.4, 0.5) is 11.4 Å². The molecule has 0 aromatic heterocycles. The molecule has 2 aliphatic heterocycles. The van der Waals surface area contributed by atoms with Gasteiger partial charge in [-0.25, -0.2) is 0 Å². The highest BCUT2D eigenvalue weighted by Gasteiger charge is 2.22. The number of aliphatic imine (C=N–C) groups is 1. The number of hydrogen-bond acceptors (Lipinski definition) is 2. The first kappa shape index (κ1) is 15.8. The van der Waals surface area contributed by atoms with Gasteiger partial charge in [-0.2, -0.15) is 0 Å². The molecule has 0 aliphatic carbocycles. The van der Waals surface area contributed by atoms with Gasteiger partial charge >= 0.3 is 0 Å². The first-order valence-corrected chi connectivity index (χ1v) is 8.90. The molecule has 2 aromatic rings. The van der Waals surface area contributed by atoms with E-state index in [1.165, 1.54) is 22.5 Å². The van der Waals surface area contributed by atoms with Crippen LogP contribution in [0.5, 0.6) is 0 Å². The van der Waals surface area contributed by atoms with E-state index in [0.29, 0.717) is 0 Å². The zero-order chi connectivity index (χ0) is 17.1. The summed E-state index contributed by atoms with van der Waals surface area (Å²) in [7, 11) is 1.85. The van der Waals surface area contributed by atoms with Crippen LogP contribution in [0.25, 0.3) is 0 Å². The van der Waals surface area contributed by atoms with Crippen LogP contribution >= 0.6 is 0 Å². The van der Waals surface area contributed by atoms with Crippen LogP contribution < -0.4 is 15.1 Å². The molecule has 25 heavy (non-hydrogen) atoms. The lowest BCUT2D eigenvalue weighted by atomic mass is 10.2. The Labute approximate surface area is 149 Å². The van der Waals surface area contributed by atoms with Gasteiger partial charge in [0.15, 0.2) is 5.96 Å². The predicted octanol–water partition coefficient (Wildman–Crippen LogP) is 3.20. The Bertz CT molecular complexity index is 784. The molecule has 0 saturated carbocycles. The fourth-order valence-corrected chi connectivity index (χ4v) is 3.55. The van der Waals surface area contributed by atoms with Gasteiger partial charge in [-0.05, 0) is 35.7 Å². The molecule has 0 unspecified atom stereocenters. The van der Waals surface area contributed by atoms with Gasteiger partial charge in [0.25, 0.3) is 0 Å². The van der Waals surface area contributed by atoms with Crippen molar-refractivity contribution in [2.24, 2.45) is 4.99 Å². The second-order valence-corrected chi connectivity index (χ2v) is 6.47. The summed E-state index contributed by atoms with van der Waals surface area (Å²) in [6.07, 6.45) is 5.51. The average molecular weight is 332 g/mol. The van der Waals surface area contributed by atoms with E-state index in [1.807, 2.05) is 7.05 Å². The number of para-hydroxylation sites is 1. The minimum Gasteiger partial charge on any atom is -0.364 e. The number of benzene rings is 2. The molecule has 1 N–H and O–H groups in total. The molecule has 0 spiro atoms. The maximum absolute atomic E-state index is 4.48. The Morgan fingerprint density at radius 1 is 1.04 bits per heavy atom. The van der Waals surface area contributed by atoms with E-state index in [4.69, 9.17) is 0 Å². The molecule has 2 aromatic carbocycles. The first-order chi connectivity index (χ1) is 12.3. The van der Waals surface area contributed by atoms with E-state index >= 15 is 0 Å². The molecule has 0 bridgehead atoms. The van der Waals surface area contributed by atoms with Crippen LogP contribution in [0.15, 0.2) is 65.7 Å². The highest BCUT2D eigenvalue weighted by Crippen LogP contribution is 2.27. The normalized spacial score (nSPS) is 16.4. The highest BCUT2D eigenvalue weighted by molar-refractivity contribution is 5.97. The minimum atomic E-state index is 0.782. The van der Waals surface area contributed by atoms with Gasteiger partial charge in [0.05, 0.1) is 0 Å². The first-order valence-electron chi connectivity index (χ1n) is 8.90. The average Bonchev–Trinajstić information content (AvgIpc) is 3.33. The number of rotatable bonds is 3. The van der Waals surface area contributed by atoms with Gasteiger partial charge in [0.1, 0.15) is 0 Å². The van der Waals surface area contributed by atoms with Gasteiger partial charge < -0.3 is 15.1 Å². The van der Waals surface area contributed by atoms with E-state index in [-0.39, 0.29) is 0 Å². The van der Waals surface area contributed by atoms with Gasteiger partial charge in [-0.1, -0.05) is 42.5 Å². The molecule has 2 heterocycles. The number of guanidine groups is 1. The Morgan fingerprint density at radius 2 is 1.80 bits per heavy atom. The number of nitrogens with zero attached hydrogens (tertiary/aromatic N) is 3. The van der Waals surface area contributed by atoms with Gasteiger partial charge in [-0.15, -0.1) is 0 Å². The number of fused-ring (bicyclic) bond motifs is 1. The maximum Gasteiger partial charge on any atom is 0.198 e. The lowest BCUT2D eigenvalue weighted by molar-refractivity contribution is 0.866. The maximum atomic E-state index is 4.48. The summed E-state index contributed by atoms with van der Waals surface area (Å²) in [5.41, 5.74) is 5.22. The van der Waals surface area contributed by atoms with Crippen LogP contribution in [0, 0.1) is 0 Å². The fraction of sp³-hybridized carbons (Fsp3) is 0.286. The van der Waals surface area contributed by atoms with Crippen molar-refractivity contribution in [1.29, 1.82) is 0 Å². The molecule has 4 nitrogen and oxygen atoms in total. The third-order valence-corrected chi connectivity index (χ3v) is 4.93. The molecule has 4 heteroatoms. The molecule has 0 saturated heterocycles. The number of hydrogen-bond donors (Lipinski definition) is 1. The third-order valence-electron chi connectivity index (χ3n) is 4.93. The van der Waals surface area contributed by atoms with Crippen molar-refractivity contribution in [3.05, 3.63) is 71.8 Å². The molecular formula is C21H24N4. The monoisotopic (exact) mass is 332 g/mol. The topological polar surface area (TPSA) is 30.9 Å². The molecule has 0 radical (unpaired) electrons. The molecule has 0 atom stereocenters. The Balaban J connectivity index is 1.40. The van der Waals surface area contributed by atoms with Gasteiger partial charge in [-0.3, -0.25) is 4.99 Å². The largest absolute Gasteiger partial charge is 0.364 e. The smallest absolute Gasteiger partial charge is 0.198 e. The highest BCUT2D eigenvalue weighted by atomic mass is 15.3. The van der Waals surface area contributed by atoms with Crippen molar-refractivity contribution in [2.75, 3.05) is 36.5 Å². The summed E-state index contributed by atoms with van der Waals surface area (Å²) in [4.78, 5) is 9.12. The zero-order valence-electron chi connectivity index (χ0n) is 14.7. The molecule has 4 rings (SSSR count).